The van der Waals surface area contributed by atoms with Crippen LogP contribution in [-0.4, -0.2) is 25.2 Å². The largest absolute Gasteiger partial charge is 0.359 e. The third-order valence-electron chi connectivity index (χ3n) is 2.72. The molecule has 0 fully saturated rings. The van der Waals surface area contributed by atoms with Gasteiger partial charge in [0.05, 0.1) is 0 Å². The molecule has 0 radical (unpaired) electrons. The quantitative estimate of drug-likeness (QED) is 0.364. The Morgan fingerprint density at radius 2 is 2.30 bits per heavy atom. The van der Waals surface area contributed by atoms with Crippen molar-refractivity contribution in [3.05, 3.63) is 52.4 Å². The van der Waals surface area contributed by atoms with E-state index in [-0.39, 0.29) is 17.9 Å². The maximum absolute atomic E-state index is 12.0. The number of hydrogen-bond donors (Lipinski definition) is 2. The first-order chi connectivity index (χ1) is 9.69. The van der Waals surface area contributed by atoms with Crippen LogP contribution in [0.25, 0.3) is 5.65 Å². The molecule has 3 N–H and O–H groups in total. The monoisotopic (exact) mass is 274 g/mol. The molecule has 9 nitrogen and oxygen atoms in total. The van der Waals surface area contributed by atoms with Gasteiger partial charge < -0.3 is 4.52 Å². The number of aromatic nitrogens is 4. The molecule has 3 aromatic heterocycles. The van der Waals surface area contributed by atoms with Crippen LogP contribution < -0.4 is 17.0 Å². The Labute approximate surface area is 111 Å². The minimum atomic E-state index is -0.567. The van der Waals surface area contributed by atoms with E-state index in [0.29, 0.717) is 11.4 Å². The van der Waals surface area contributed by atoms with Crippen LogP contribution in [0.1, 0.15) is 16.2 Å². The smallest absolute Gasteiger partial charge is 0.350 e. The number of nitrogen functional groups attached to an aromatic ring is 1. The Bertz CT molecular complexity index is 830. The predicted molar refractivity (Wildman–Crippen MR) is 66.7 cm³/mol. The first kappa shape index (κ1) is 12.1. The van der Waals surface area contributed by atoms with E-state index in [4.69, 9.17) is 10.4 Å². The zero-order chi connectivity index (χ0) is 14.1. The minimum absolute atomic E-state index is 0.0410. The van der Waals surface area contributed by atoms with E-state index >= 15 is 0 Å². The second-order valence-corrected chi connectivity index (χ2v) is 4.02. The van der Waals surface area contributed by atoms with Crippen molar-refractivity contribution in [2.75, 3.05) is 0 Å². The number of nitrogens with zero attached hydrogens (tertiary/aromatic N) is 4. The summed E-state index contributed by atoms with van der Waals surface area (Å²) in [5, 5.41) is 7.69. The molecule has 3 aromatic rings. The summed E-state index contributed by atoms with van der Waals surface area (Å²) < 4.78 is 7.60. The zero-order valence-corrected chi connectivity index (χ0v) is 10.2. The molecule has 0 unspecified atom stereocenters. The molecule has 3 heterocycles. The molecule has 0 bridgehead atoms. The van der Waals surface area contributed by atoms with Gasteiger partial charge in [-0.15, -0.1) is 5.10 Å². The van der Waals surface area contributed by atoms with Crippen molar-refractivity contribution in [2.24, 2.45) is 5.84 Å². The van der Waals surface area contributed by atoms with E-state index in [9.17, 15) is 9.59 Å². The number of hydrogen-bond acceptors (Lipinski definition) is 6. The fraction of sp³-hybridized carbons (Fsp3) is 0.0909. The molecular weight excluding hydrogens is 264 g/mol. The number of carbonyl (C=O) groups excluding carboxylic acids is 1. The van der Waals surface area contributed by atoms with E-state index in [1.807, 2.05) is 5.43 Å². The Hall–Kier alpha value is -2.94. The van der Waals surface area contributed by atoms with Gasteiger partial charge in [-0.1, -0.05) is 11.2 Å². The third kappa shape index (κ3) is 1.95. The minimum Gasteiger partial charge on any atom is -0.359 e. The first-order valence-corrected chi connectivity index (χ1v) is 5.70. The first-order valence-electron chi connectivity index (χ1n) is 5.70. The van der Waals surface area contributed by atoms with E-state index in [1.165, 1.54) is 15.1 Å². The molecule has 0 aliphatic carbocycles. The molecule has 0 saturated carbocycles. The maximum Gasteiger partial charge on any atom is 0.350 e. The molecule has 1 amide bonds. The van der Waals surface area contributed by atoms with E-state index < -0.39 is 5.91 Å². The Morgan fingerprint density at radius 3 is 3.05 bits per heavy atom. The van der Waals surface area contributed by atoms with Crippen LogP contribution in [-0.2, 0) is 6.54 Å². The summed E-state index contributed by atoms with van der Waals surface area (Å²) in [7, 11) is 0. The fourth-order valence-electron chi connectivity index (χ4n) is 1.79. The van der Waals surface area contributed by atoms with Gasteiger partial charge >= 0.3 is 5.69 Å². The number of hydrazine groups is 1. The number of fused-ring (bicyclic) bond motifs is 1. The van der Waals surface area contributed by atoms with Crippen molar-refractivity contribution >= 4 is 11.6 Å². The molecule has 0 spiro atoms. The van der Waals surface area contributed by atoms with Gasteiger partial charge in [0.25, 0.3) is 5.91 Å². The van der Waals surface area contributed by atoms with Crippen molar-refractivity contribution in [2.45, 2.75) is 6.54 Å². The van der Waals surface area contributed by atoms with Crippen LogP contribution in [0.15, 0.2) is 39.8 Å². The molecule has 3 rings (SSSR count). The molecular formula is C11H10N6O3. The second-order valence-electron chi connectivity index (χ2n) is 4.02. The van der Waals surface area contributed by atoms with Gasteiger partial charge in [0.15, 0.2) is 17.1 Å². The molecule has 0 atom stereocenters. The van der Waals surface area contributed by atoms with Crippen molar-refractivity contribution in [3.63, 3.8) is 0 Å². The summed E-state index contributed by atoms with van der Waals surface area (Å²) in [6, 6.07) is 6.63. The number of nitrogens with two attached hydrogens (primary N) is 1. The molecule has 9 heteroatoms. The normalized spacial score (nSPS) is 10.8. The summed E-state index contributed by atoms with van der Waals surface area (Å²) in [5.74, 6) is 4.75. The molecule has 0 aliphatic heterocycles. The van der Waals surface area contributed by atoms with Gasteiger partial charge in [-0.25, -0.2) is 15.3 Å². The highest BCUT2D eigenvalue weighted by Gasteiger charge is 2.13. The van der Waals surface area contributed by atoms with Crippen molar-refractivity contribution in [1.82, 2.24) is 24.8 Å². The van der Waals surface area contributed by atoms with Gasteiger partial charge in [-0.2, -0.15) is 0 Å². The molecule has 0 aromatic carbocycles. The highest BCUT2D eigenvalue weighted by atomic mass is 16.5. The standard InChI is InChI=1S/C11H10N6O3/c12-13-10(18)8-5-7(20-15-8)6-17-11(19)16-4-2-1-3-9(16)14-17/h1-5H,6,12H2,(H,13,18). The van der Waals surface area contributed by atoms with Crippen LogP contribution in [0.3, 0.4) is 0 Å². The van der Waals surface area contributed by atoms with Crippen molar-refractivity contribution < 1.29 is 9.32 Å². The number of pyridine rings is 1. The zero-order valence-electron chi connectivity index (χ0n) is 10.2. The van der Waals surface area contributed by atoms with E-state index in [1.54, 1.807) is 24.4 Å². The summed E-state index contributed by atoms with van der Waals surface area (Å²) in [4.78, 5) is 23.3. The lowest BCUT2D eigenvalue weighted by atomic mass is 10.3. The van der Waals surface area contributed by atoms with Crippen LogP contribution >= 0.6 is 0 Å². The number of rotatable bonds is 3. The Kier molecular flexibility index (Phi) is 2.80. The summed E-state index contributed by atoms with van der Waals surface area (Å²) in [6.07, 6.45) is 1.62. The summed E-state index contributed by atoms with van der Waals surface area (Å²) in [6.45, 7) is 0.0748. The lowest BCUT2D eigenvalue weighted by Gasteiger charge is -1.92. The lowest BCUT2D eigenvalue weighted by molar-refractivity contribution is 0.0944. The summed E-state index contributed by atoms with van der Waals surface area (Å²) in [5.41, 5.74) is 2.20. The molecule has 0 saturated heterocycles. The van der Waals surface area contributed by atoms with Gasteiger partial charge in [0.2, 0.25) is 0 Å². The fourth-order valence-corrected chi connectivity index (χ4v) is 1.79. The van der Waals surface area contributed by atoms with Gasteiger partial charge in [-0.05, 0) is 12.1 Å². The van der Waals surface area contributed by atoms with Crippen LogP contribution in [0.4, 0.5) is 0 Å². The van der Waals surface area contributed by atoms with Gasteiger partial charge in [0, 0.05) is 12.3 Å². The number of amides is 1. The molecule has 20 heavy (non-hydrogen) atoms. The highest BCUT2D eigenvalue weighted by Crippen LogP contribution is 2.05. The predicted octanol–water partition coefficient (Wildman–Crippen LogP) is -0.864. The average Bonchev–Trinajstić information content (AvgIpc) is 3.05. The number of carbonyl (C=O) groups is 1. The highest BCUT2D eigenvalue weighted by molar-refractivity contribution is 5.91. The lowest BCUT2D eigenvalue weighted by Crippen LogP contribution is -2.30. The van der Waals surface area contributed by atoms with Gasteiger partial charge in [0.1, 0.15) is 6.54 Å². The number of nitrogens with one attached hydrogen (secondary N) is 1. The topological polar surface area (TPSA) is 120 Å². The maximum atomic E-state index is 12.0. The Morgan fingerprint density at radius 1 is 1.45 bits per heavy atom. The van der Waals surface area contributed by atoms with Crippen LogP contribution in [0, 0.1) is 0 Å². The van der Waals surface area contributed by atoms with E-state index in [0.717, 1.165) is 0 Å². The van der Waals surface area contributed by atoms with Crippen LogP contribution in [0.5, 0.6) is 0 Å². The molecule has 102 valence electrons. The molecule has 0 aliphatic rings. The van der Waals surface area contributed by atoms with Crippen molar-refractivity contribution in [3.8, 4) is 0 Å². The SMILES string of the molecule is NNC(=O)c1cc(Cn2nc3ccccn3c2=O)on1. The average molecular weight is 274 g/mol. The second kappa shape index (κ2) is 4.63. The van der Waals surface area contributed by atoms with Crippen LogP contribution in [0.2, 0.25) is 0 Å². The van der Waals surface area contributed by atoms with E-state index in [2.05, 4.69) is 10.3 Å². The van der Waals surface area contributed by atoms with Gasteiger partial charge in [-0.3, -0.25) is 14.6 Å². The third-order valence-corrected chi connectivity index (χ3v) is 2.72. The van der Waals surface area contributed by atoms with Crippen molar-refractivity contribution in [1.29, 1.82) is 0 Å². The Balaban J connectivity index is 1.93. The summed E-state index contributed by atoms with van der Waals surface area (Å²) >= 11 is 0.